The third-order valence-electron chi connectivity index (χ3n) is 2.60. The molecule has 15 heavy (non-hydrogen) atoms. The second-order valence-corrected chi connectivity index (χ2v) is 6.68. The zero-order valence-corrected chi connectivity index (χ0v) is 12.0. The van der Waals surface area contributed by atoms with Gasteiger partial charge in [-0.05, 0) is 24.7 Å². The van der Waals surface area contributed by atoms with Crippen LogP contribution in [0.5, 0.6) is 0 Å². The van der Waals surface area contributed by atoms with Gasteiger partial charge >= 0.3 is 0 Å². The minimum absolute atomic E-state index is 0. The molecule has 0 aliphatic rings. The number of rotatable bonds is 3. The summed E-state index contributed by atoms with van der Waals surface area (Å²) in [6.45, 7) is 4.04. The van der Waals surface area contributed by atoms with Crippen molar-refractivity contribution in [3.05, 3.63) is 35.9 Å². The summed E-state index contributed by atoms with van der Waals surface area (Å²) in [4.78, 5) is 12.1. The van der Waals surface area contributed by atoms with E-state index in [0.717, 1.165) is 5.56 Å². The Morgan fingerprint density at radius 1 is 1.13 bits per heavy atom. The second-order valence-electron chi connectivity index (χ2n) is 4.02. The maximum Gasteiger partial charge on any atom is 0.217 e. The van der Waals surface area contributed by atoms with Crippen LogP contribution < -0.4 is 17.0 Å². The van der Waals surface area contributed by atoms with Gasteiger partial charge in [0.2, 0.25) is 5.78 Å². The van der Waals surface area contributed by atoms with Crippen LogP contribution in [0.2, 0.25) is 0 Å². The molecule has 1 nitrogen and oxygen atoms in total. The molecule has 1 aromatic carbocycles. The average molecular weight is 289 g/mol. The smallest absolute Gasteiger partial charge is 0.217 e. The van der Waals surface area contributed by atoms with Gasteiger partial charge in [-0.25, -0.2) is 0 Å². The zero-order chi connectivity index (χ0) is 10.8. The van der Waals surface area contributed by atoms with E-state index in [1.54, 1.807) is 0 Å². The van der Waals surface area contributed by atoms with Crippen LogP contribution in [0, 0.1) is 0 Å². The number of hydrogen-bond acceptors (Lipinski definition) is 1. The van der Waals surface area contributed by atoms with E-state index in [0.29, 0.717) is 0 Å². The Morgan fingerprint density at radius 3 is 2.00 bits per heavy atom. The first-order valence-electron chi connectivity index (χ1n) is 4.64. The highest BCUT2D eigenvalue weighted by Gasteiger charge is 2.39. The second kappa shape index (κ2) is 5.71. The highest BCUT2D eigenvalue weighted by atomic mass is 79.9. The van der Waals surface area contributed by atoms with Gasteiger partial charge in [0.05, 0.1) is 12.5 Å². The van der Waals surface area contributed by atoms with Crippen molar-refractivity contribution in [3.8, 4) is 0 Å². The zero-order valence-electron chi connectivity index (χ0n) is 9.58. The summed E-state index contributed by atoms with van der Waals surface area (Å²) in [5, 5.41) is 0. The van der Waals surface area contributed by atoms with Crippen LogP contribution in [0.25, 0.3) is 0 Å². The van der Waals surface area contributed by atoms with Gasteiger partial charge < -0.3 is 17.0 Å². The Labute approximate surface area is 105 Å². The van der Waals surface area contributed by atoms with Crippen molar-refractivity contribution in [2.45, 2.75) is 18.6 Å². The van der Waals surface area contributed by atoms with Crippen LogP contribution in [0.1, 0.15) is 24.2 Å². The molecule has 0 fully saturated rings. The first kappa shape index (κ1) is 14.7. The van der Waals surface area contributed by atoms with Gasteiger partial charge in [0.15, 0.2) is 4.75 Å². The van der Waals surface area contributed by atoms with Gasteiger partial charge in [0.1, 0.15) is 0 Å². The van der Waals surface area contributed by atoms with E-state index in [9.17, 15) is 4.79 Å². The number of hydrogen-bond donors (Lipinski definition) is 0. The van der Waals surface area contributed by atoms with E-state index in [-0.39, 0.29) is 38.4 Å². The molecule has 0 unspecified atom stereocenters. The van der Waals surface area contributed by atoms with Gasteiger partial charge in [-0.1, -0.05) is 30.3 Å². The molecule has 0 radical (unpaired) electrons. The van der Waals surface area contributed by atoms with Crippen molar-refractivity contribution in [1.82, 2.24) is 0 Å². The third kappa shape index (κ3) is 3.35. The van der Waals surface area contributed by atoms with Crippen LogP contribution in [0.4, 0.5) is 0 Å². The SMILES string of the molecule is C[S+](C)C(C)(C)C(=O)c1ccccc1.[Br-]. The van der Waals surface area contributed by atoms with Crippen molar-refractivity contribution < 1.29 is 21.8 Å². The summed E-state index contributed by atoms with van der Waals surface area (Å²) < 4.78 is -0.249. The standard InChI is InChI=1S/C12H17OS.BrH/c1-12(2,14(3)4)11(13)10-8-6-5-7-9-10;/h5-9H,1-4H3;1H/q+1;/p-1. The molecule has 0 N–H and O–H groups in total. The largest absolute Gasteiger partial charge is 1.00 e. The number of halogens is 1. The van der Waals surface area contributed by atoms with Crippen molar-refractivity contribution in [3.63, 3.8) is 0 Å². The van der Waals surface area contributed by atoms with E-state index in [1.165, 1.54) is 0 Å². The predicted molar refractivity (Wildman–Crippen MR) is 64.1 cm³/mol. The summed E-state index contributed by atoms with van der Waals surface area (Å²) in [6, 6.07) is 9.52. The molecule has 0 aliphatic heterocycles. The van der Waals surface area contributed by atoms with Crippen molar-refractivity contribution >= 4 is 16.7 Å². The number of carbonyl (C=O) groups is 1. The Kier molecular flexibility index (Phi) is 5.60. The fourth-order valence-electron chi connectivity index (χ4n) is 1.12. The monoisotopic (exact) mass is 288 g/mol. The lowest BCUT2D eigenvalue weighted by Crippen LogP contribution is -3.00. The average Bonchev–Trinajstić information content (AvgIpc) is 2.17. The molecule has 0 saturated heterocycles. The Balaban J connectivity index is 0.00000196. The van der Waals surface area contributed by atoms with E-state index in [2.05, 4.69) is 12.5 Å². The Hall–Kier alpha value is -0.280. The lowest BCUT2D eigenvalue weighted by molar-refractivity contribution is -0.0000105. The minimum Gasteiger partial charge on any atom is -1.00 e. The first-order valence-corrected chi connectivity index (χ1v) is 6.68. The molecular weight excluding hydrogens is 272 g/mol. The summed E-state index contributed by atoms with van der Waals surface area (Å²) in [5.41, 5.74) is 0.818. The van der Waals surface area contributed by atoms with Crippen molar-refractivity contribution in [2.75, 3.05) is 12.5 Å². The lowest BCUT2D eigenvalue weighted by Gasteiger charge is -2.19. The van der Waals surface area contributed by atoms with Crippen molar-refractivity contribution in [1.29, 1.82) is 0 Å². The molecule has 0 atom stereocenters. The Bertz CT molecular complexity index is 320. The van der Waals surface area contributed by atoms with Gasteiger partial charge in [-0.15, -0.1) is 0 Å². The topological polar surface area (TPSA) is 17.1 Å². The van der Waals surface area contributed by atoms with Crippen LogP contribution >= 0.6 is 0 Å². The minimum atomic E-state index is -0.249. The van der Waals surface area contributed by atoms with Gasteiger partial charge in [0, 0.05) is 5.56 Å². The summed E-state index contributed by atoms with van der Waals surface area (Å²) in [7, 11) is 0.0940. The first-order chi connectivity index (χ1) is 6.46. The van der Waals surface area contributed by atoms with Gasteiger partial charge in [-0.2, -0.15) is 0 Å². The van der Waals surface area contributed by atoms with Crippen LogP contribution in [-0.2, 0) is 10.9 Å². The van der Waals surface area contributed by atoms with Gasteiger partial charge in [-0.3, -0.25) is 4.79 Å². The molecule has 1 aromatic rings. The number of ketones is 1. The predicted octanol–water partition coefficient (Wildman–Crippen LogP) is -0.470. The highest BCUT2D eigenvalue weighted by molar-refractivity contribution is 7.97. The van der Waals surface area contributed by atoms with E-state index in [4.69, 9.17) is 0 Å². The summed E-state index contributed by atoms with van der Waals surface area (Å²) >= 11 is 0. The number of benzene rings is 1. The lowest BCUT2D eigenvalue weighted by atomic mass is 10.0. The molecule has 0 bridgehead atoms. The number of carbonyl (C=O) groups excluding carboxylic acids is 1. The molecule has 0 aromatic heterocycles. The van der Waals surface area contributed by atoms with E-state index < -0.39 is 0 Å². The quantitative estimate of drug-likeness (QED) is 0.543. The summed E-state index contributed by atoms with van der Waals surface area (Å²) in [5.74, 6) is 0.242. The van der Waals surface area contributed by atoms with Gasteiger partial charge in [0.25, 0.3) is 0 Å². The molecule has 0 amide bonds. The maximum atomic E-state index is 12.1. The van der Waals surface area contributed by atoms with E-state index >= 15 is 0 Å². The van der Waals surface area contributed by atoms with E-state index in [1.807, 2.05) is 44.2 Å². The normalized spacial score (nSPS) is 11.0. The summed E-state index contributed by atoms with van der Waals surface area (Å²) in [6.07, 6.45) is 4.22. The molecule has 0 aliphatic carbocycles. The van der Waals surface area contributed by atoms with Crippen LogP contribution in [-0.4, -0.2) is 23.0 Å². The molecule has 84 valence electrons. The Morgan fingerprint density at radius 2 is 1.60 bits per heavy atom. The maximum absolute atomic E-state index is 12.1. The molecular formula is C12H17BrOS. The number of Topliss-reactive ketones (excluding diaryl/α,β-unsaturated/α-hetero) is 1. The third-order valence-corrected chi connectivity index (χ3v) is 4.83. The molecule has 1 rings (SSSR count). The highest BCUT2D eigenvalue weighted by Crippen LogP contribution is 2.21. The molecule has 0 saturated carbocycles. The van der Waals surface area contributed by atoms with Crippen molar-refractivity contribution in [2.24, 2.45) is 0 Å². The van der Waals surface area contributed by atoms with Crippen LogP contribution in [0.3, 0.4) is 0 Å². The molecule has 0 heterocycles. The fourth-order valence-corrected chi connectivity index (χ4v) is 1.61. The van der Waals surface area contributed by atoms with Crippen LogP contribution in [0.15, 0.2) is 30.3 Å². The molecule has 3 heteroatoms. The molecule has 0 spiro atoms. The fraction of sp³-hybridized carbons (Fsp3) is 0.417.